The van der Waals surface area contributed by atoms with E-state index in [2.05, 4.69) is 10.4 Å². The summed E-state index contributed by atoms with van der Waals surface area (Å²) in [4.78, 5) is 23.4. The molecule has 0 aliphatic carbocycles. The summed E-state index contributed by atoms with van der Waals surface area (Å²) < 4.78 is 6.87. The Morgan fingerprint density at radius 2 is 2.17 bits per heavy atom. The molecule has 2 atom stereocenters. The Kier molecular flexibility index (Phi) is 3.96. The van der Waals surface area contributed by atoms with Crippen LogP contribution < -0.4 is 10.1 Å². The summed E-state index contributed by atoms with van der Waals surface area (Å²) >= 11 is 0. The highest BCUT2D eigenvalue weighted by Crippen LogP contribution is 2.40. The largest absolute Gasteiger partial charge is 0.497 e. The number of carbonyl (C=O) groups is 1. The molecule has 24 heavy (non-hydrogen) atoms. The van der Waals surface area contributed by atoms with Crippen LogP contribution in [-0.2, 0) is 4.79 Å². The van der Waals surface area contributed by atoms with Crippen molar-refractivity contribution in [2.75, 3.05) is 12.4 Å². The van der Waals surface area contributed by atoms with Crippen molar-refractivity contribution >= 4 is 11.7 Å². The number of anilines is 1. The number of benzene rings is 1. The maximum absolute atomic E-state index is 12.4. The summed E-state index contributed by atoms with van der Waals surface area (Å²) in [6.45, 7) is 3.86. The molecule has 0 spiro atoms. The number of amides is 1. The summed E-state index contributed by atoms with van der Waals surface area (Å²) in [7, 11) is 1.53. The highest BCUT2D eigenvalue weighted by Gasteiger charge is 2.47. The molecule has 1 aromatic heterocycles. The van der Waals surface area contributed by atoms with Crippen molar-refractivity contribution in [1.29, 1.82) is 0 Å². The van der Waals surface area contributed by atoms with Crippen molar-refractivity contribution in [3.8, 4) is 5.75 Å². The van der Waals surface area contributed by atoms with Gasteiger partial charge in [-0.05, 0) is 31.5 Å². The fraction of sp³-hybridized carbons (Fsp3) is 0.375. The lowest BCUT2D eigenvalue weighted by Crippen LogP contribution is -2.44. The molecule has 1 aliphatic rings. The standard InChI is InChI=1S/C16H18N4O4/c1-9(2)19-15-12(8-17-19)13(14(20(22)23)16(21)18-15)10-5-4-6-11(7-10)24-3/h4-9,13-14H,1-3H3,(H,18,21). The second-order valence-corrected chi connectivity index (χ2v) is 5.96. The first kappa shape index (κ1) is 16.0. The molecule has 0 saturated heterocycles. The first-order valence-electron chi connectivity index (χ1n) is 7.59. The van der Waals surface area contributed by atoms with E-state index in [1.807, 2.05) is 13.8 Å². The molecule has 2 aromatic rings. The van der Waals surface area contributed by atoms with Gasteiger partial charge >= 0.3 is 11.9 Å². The second kappa shape index (κ2) is 5.95. The van der Waals surface area contributed by atoms with E-state index in [-0.39, 0.29) is 6.04 Å². The van der Waals surface area contributed by atoms with E-state index in [9.17, 15) is 14.9 Å². The zero-order chi connectivity index (χ0) is 17.4. The molecule has 3 rings (SSSR count). The number of hydrogen-bond acceptors (Lipinski definition) is 5. The smallest absolute Gasteiger partial charge is 0.301 e. The van der Waals surface area contributed by atoms with E-state index in [0.717, 1.165) is 0 Å². The minimum Gasteiger partial charge on any atom is -0.497 e. The van der Waals surface area contributed by atoms with E-state index < -0.39 is 22.8 Å². The Hall–Kier alpha value is -2.90. The SMILES string of the molecule is COc1cccc(C2c3cnn(C(C)C)c3NC(=O)C2[N+](=O)[O-])c1. The second-order valence-electron chi connectivity index (χ2n) is 5.96. The molecule has 0 fully saturated rings. The van der Waals surface area contributed by atoms with Crippen LogP contribution in [0.4, 0.5) is 5.82 Å². The highest BCUT2D eigenvalue weighted by molar-refractivity contribution is 5.97. The first-order valence-corrected chi connectivity index (χ1v) is 7.59. The number of fused-ring (bicyclic) bond motifs is 1. The van der Waals surface area contributed by atoms with Crippen LogP contribution >= 0.6 is 0 Å². The fourth-order valence-electron chi connectivity index (χ4n) is 3.05. The molecule has 1 amide bonds. The zero-order valence-electron chi connectivity index (χ0n) is 13.6. The molecule has 8 heteroatoms. The Morgan fingerprint density at radius 3 is 2.79 bits per heavy atom. The first-order chi connectivity index (χ1) is 11.4. The quantitative estimate of drug-likeness (QED) is 0.684. The predicted molar refractivity (Wildman–Crippen MR) is 86.9 cm³/mol. The van der Waals surface area contributed by atoms with E-state index in [0.29, 0.717) is 22.7 Å². The average Bonchev–Trinajstić information content (AvgIpc) is 2.96. The summed E-state index contributed by atoms with van der Waals surface area (Å²) in [5, 5.41) is 18.5. The molecule has 1 aromatic carbocycles. The number of rotatable bonds is 4. The Labute approximate surface area is 138 Å². The van der Waals surface area contributed by atoms with Gasteiger partial charge in [-0.15, -0.1) is 0 Å². The third-order valence-corrected chi connectivity index (χ3v) is 4.15. The topological polar surface area (TPSA) is 99.3 Å². The lowest BCUT2D eigenvalue weighted by molar-refractivity contribution is -0.509. The summed E-state index contributed by atoms with van der Waals surface area (Å²) in [5.74, 6) is -0.256. The normalized spacial score (nSPS) is 19.8. The molecule has 0 bridgehead atoms. The monoisotopic (exact) mass is 330 g/mol. The van der Waals surface area contributed by atoms with Gasteiger partial charge < -0.3 is 10.1 Å². The zero-order valence-corrected chi connectivity index (χ0v) is 13.6. The van der Waals surface area contributed by atoms with Gasteiger partial charge in [0.05, 0.1) is 19.2 Å². The molecule has 126 valence electrons. The number of aromatic nitrogens is 2. The molecular formula is C16H18N4O4. The molecule has 8 nitrogen and oxygen atoms in total. The third kappa shape index (κ3) is 2.49. The molecule has 0 radical (unpaired) electrons. The number of carbonyl (C=O) groups excluding carboxylic acids is 1. The highest BCUT2D eigenvalue weighted by atomic mass is 16.6. The summed E-state index contributed by atoms with van der Waals surface area (Å²) in [6, 6.07) is 5.60. The Bertz CT molecular complexity index is 799. The van der Waals surface area contributed by atoms with Gasteiger partial charge in [0.2, 0.25) is 0 Å². The van der Waals surface area contributed by atoms with Crippen LogP contribution in [0.5, 0.6) is 5.75 Å². The van der Waals surface area contributed by atoms with Crippen LogP contribution in [0.25, 0.3) is 0 Å². The number of ether oxygens (including phenoxy) is 1. The summed E-state index contributed by atoms with van der Waals surface area (Å²) in [6.07, 6.45) is 1.59. The van der Waals surface area contributed by atoms with Gasteiger partial charge in [0.25, 0.3) is 0 Å². The van der Waals surface area contributed by atoms with Crippen molar-refractivity contribution in [3.63, 3.8) is 0 Å². The minimum atomic E-state index is -1.41. The van der Waals surface area contributed by atoms with Gasteiger partial charge in [-0.2, -0.15) is 5.10 Å². The van der Waals surface area contributed by atoms with E-state index in [4.69, 9.17) is 4.74 Å². The van der Waals surface area contributed by atoms with Gasteiger partial charge in [0.15, 0.2) is 0 Å². The molecule has 2 unspecified atom stereocenters. The third-order valence-electron chi connectivity index (χ3n) is 4.15. The van der Waals surface area contributed by atoms with Gasteiger partial charge in [0.1, 0.15) is 11.6 Å². The predicted octanol–water partition coefficient (Wildman–Crippen LogP) is 2.20. The van der Waals surface area contributed by atoms with Gasteiger partial charge in [0, 0.05) is 16.5 Å². The molecular weight excluding hydrogens is 312 g/mol. The van der Waals surface area contributed by atoms with Crippen LogP contribution in [-0.4, -0.2) is 33.8 Å². The average molecular weight is 330 g/mol. The van der Waals surface area contributed by atoms with E-state index >= 15 is 0 Å². The van der Waals surface area contributed by atoms with Crippen molar-refractivity contribution in [3.05, 3.63) is 51.7 Å². The van der Waals surface area contributed by atoms with Gasteiger partial charge in [-0.3, -0.25) is 14.9 Å². The molecule has 1 aliphatic heterocycles. The molecule has 2 heterocycles. The van der Waals surface area contributed by atoms with Crippen molar-refractivity contribution < 1.29 is 14.5 Å². The number of nitro groups is 1. The maximum atomic E-state index is 12.4. The molecule has 0 saturated carbocycles. The summed E-state index contributed by atoms with van der Waals surface area (Å²) in [5.41, 5.74) is 1.29. The molecule has 1 N–H and O–H groups in total. The van der Waals surface area contributed by atoms with Gasteiger partial charge in [-0.25, -0.2) is 4.68 Å². The number of nitrogens with zero attached hydrogens (tertiary/aromatic N) is 3. The Balaban J connectivity index is 2.19. The van der Waals surface area contributed by atoms with E-state index in [1.54, 1.807) is 35.1 Å². The maximum Gasteiger partial charge on any atom is 0.301 e. The van der Waals surface area contributed by atoms with Gasteiger partial charge in [-0.1, -0.05) is 12.1 Å². The van der Waals surface area contributed by atoms with Crippen LogP contribution in [0.2, 0.25) is 0 Å². The Morgan fingerprint density at radius 1 is 1.42 bits per heavy atom. The number of nitrogens with one attached hydrogen (secondary N) is 1. The number of methoxy groups -OCH3 is 1. The number of hydrogen-bond donors (Lipinski definition) is 1. The lowest BCUT2D eigenvalue weighted by Gasteiger charge is -2.27. The lowest BCUT2D eigenvalue weighted by atomic mass is 9.83. The van der Waals surface area contributed by atoms with E-state index in [1.165, 1.54) is 7.11 Å². The van der Waals surface area contributed by atoms with Crippen LogP contribution in [0.1, 0.15) is 36.9 Å². The van der Waals surface area contributed by atoms with Crippen LogP contribution in [0.15, 0.2) is 30.5 Å². The fourth-order valence-corrected chi connectivity index (χ4v) is 3.05. The van der Waals surface area contributed by atoms with Crippen molar-refractivity contribution in [1.82, 2.24) is 9.78 Å². The van der Waals surface area contributed by atoms with Crippen molar-refractivity contribution in [2.24, 2.45) is 0 Å². The van der Waals surface area contributed by atoms with Crippen LogP contribution in [0, 0.1) is 10.1 Å². The van der Waals surface area contributed by atoms with Crippen molar-refractivity contribution in [2.45, 2.75) is 31.8 Å². The van der Waals surface area contributed by atoms with Crippen LogP contribution in [0.3, 0.4) is 0 Å². The minimum absolute atomic E-state index is 0.0205.